The summed E-state index contributed by atoms with van der Waals surface area (Å²) in [5.41, 5.74) is 6.24. The molecular formula is C8H10N2O3. The molecule has 1 unspecified atom stereocenters. The SMILES string of the molecule is NOC(C(=O)O)c1ccccc1N. The van der Waals surface area contributed by atoms with E-state index in [1.165, 1.54) is 0 Å². The number of carbonyl (C=O) groups is 1. The van der Waals surface area contributed by atoms with Crippen molar-refractivity contribution in [2.24, 2.45) is 5.90 Å². The first-order valence-electron chi connectivity index (χ1n) is 3.59. The molecule has 0 saturated heterocycles. The summed E-state index contributed by atoms with van der Waals surface area (Å²) in [4.78, 5) is 14.9. The molecule has 1 aromatic carbocycles. The maximum Gasteiger partial charge on any atom is 0.339 e. The van der Waals surface area contributed by atoms with Crippen LogP contribution in [0.25, 0.3) is 0 Å². The van der Waals surface area contributed by atoms with E-state index in [0.717, 1.165) is 0 Å². The van der Waals surface area contributed by atoms with Crippen LogP contribution in [0.3, 0.4) is 0 Å². The lowest BCUT2D eigenvalue weighted by atomic mass is 10.1. The predicted octanol–water partition coefficient (Wildman–Crippen LogP) is 0.285. The van der Waals surface area contributed by atoms with Gasteiger partial charge in [0.25, 0.3) is 0 Å². The van der Waals surface area contributed by atoms with E-state index in [-0.39, 0.29) is 0 Å². The number of carboxylic acids is 1. The van der Waals surface area contributed by atoms with Gasteiger partial charge in [0.05, 0.1) is 0 Å². The molecule has 0 amide bonds. The summed E-state index contributed by atoms with van der Waals surface area (Å²) in [6.45, 7) is 0. The number of nitrogen functional groups attached to an aromatic ring is 1. The minimum atomic E-state index is -1.21. The molecule has 5 heteroatoms. The molecule has 0 aliphatic carbocycles. The van der Waals surface area contributed by atoms with E-state index in [1.807, 2.05) is 0 Å². The Balaban J connectivity index is 3.04. The third-order valence-electron chi connectivity index (χ3n) is 1.64. The zero-order valence-corrected chi connectivity index (χ0v) is 6.81. The van der Waals surface area contributed by atoms with Crippen LogP contribution < -0.4 is 11.6 Å². The molecule has 0 saturated carbocycles. The molecule has 0 fully saturated rings. The fourth-order valence-corrected chi connectivity index (χ4v) is 1.01. The molecule has 70 valence electrons. The second kappa shape index (κ2) is 3.88. The Morgan fingerprint density at radius 1 is 1.46 bits per heavy atom. The normalized spacial score (nSPS) is 12.4. The number of aliphatic carboxylic acids is 1. The molecule has 1 rings (SSSR count). The average Bonchev–Trinajstić information content (AvgIpc) is 2.09. The third kappa shape index (κ3) is 1.95. The Bertz CT molecular complexity index is 314. The highest BCUT2D eigenvalue weighted by Crippen LogP contribution is 2.21. The van der Waals surface area contributed by atoms with Crippen molar-refractivity contribution < 1.29 is 14.7 Å². The summed E-state index contributed by atoms with van der Waals surface area (Å²) in [5, 5.41) is 8.69. The van der Waals surface area contributed by atoms with Gasteiger partial charge >= 0.3 is 5.97 Å². The Labute approximate surface area is 74.9 Å². The third-order valence-corrected chi connectivity index (χ3v) is 1.64. The zero-order valence-electron chi connectivity index (χ0n) is 6.81. The van der Waals surface area contributed by atoms with Gasteiger partial charge in [-0.1, -0.05) is 18.2 Å². The first-order valence-corrected chi connectivity index (χ1v) is 3.59. The molecule has 0 aliphatic rings. The van der Waals surface area contributed by atoms with Crippen molar-refractivity contribution in [1.29, 1.82) is 0 Å². The summed E-state index contributed by atoms with van der Waals surface area (Å²) < 4.78 is 0. The van der Waals surface area contributed by atoms with E-state index in [4.69, 9.17) is 16.7 Å². The maximum atomic E-state index is 10.6. The van der Waals surface area contributed by atoms with Crippen LogP contribution in [0.15, 0.2) is 24.3 Å². The highest BCUT2D eigenvalue weighted by Gasteiger charge is 2.21. The van der Waals surface area contributed by atoms with Gasteiger partial charge in [-0.15, -0.1) is 0 Å². The van der Waals surface area contributed by atoms with Crippen LogP contribution in [0, 0.1) is 0 Å². The first-order chi connectivity index (χ1) is 6.16. The van der Waals surface area contributed by atoms with E-state index in [1.54, 1.807) is 24.3 Å². The zero-order chi connectivity index (χ0) is 9.84. The number of anilines is 1. The Morgan fingerprint density at radius 3 is 2.54 bits per heavy atom. The van der Waals surface area contributed by atoms with Crippen LogP contribution in [0.5, 0.6) is 0 Å². The standard InChI is InChI=1S/C8H10N2O3/c9-6-4-2-1-3-5(6)7(13-10)8(11)12/h1-4,7H,9-10H2,(H,11,12). The lowest BCUT2D eigenvalue weighted by Crippen LogP contribution is -2.19. The van der Waals surface area contributed by atoms with Crippen molar-refractivity contribution in [2.75, 3.05) is 5.73 Å². The van der Waals surface area contributed by atoms with Crippen molar-refractivity contribution >= 4 is 11.7 Å². The number of para-hydroxylation sites is 1. The van der Waals surface area contributed by atoms with Crippen LogP contribution in [-0.2, 0) is 9.63 Å². The summed E-state index contributed by atoms with van der Waals surface area (Å²) in [5.74, 6) is 3.67. The van der Waals surface area contributed by atoms with Crippen LogP contribution in [0.2, 0.25) is 0 Å². The van der Waals surface area contributed by atoms with Crippen molar-refractivity contribution in [2.45, 2.75) is 6.10 Å². The van der Waals surface area contributed by atoms with Crippen LogP contribution in [0.4, 0.5) is 5.69 Å². The molecule has 0 aliphatic heterocycles. The largest absolute Gasteiger partial charge is 0.479 e. The summed E-state index contributed by atoms with van der Waals surface area (Å²) in [6, 6.07) is 6.51. The van der Waals surface area contributed by atoms with Crippen molar-refractivity contribution in [3.8, 4) is 0 Å². The van der Waals surface area contributed by atoms with Gasteiger partial charge in [0.2, 0.25) is 6.10 Å². The molecule has 1 atom stereocenters. The van der Waals surface area contributed by atoms with Gasteiger partial charge in [0.1, 0.15) is 0 Å². The lowest BCUT2D eigenvalue weighted by molar-refractivity contribution is -0.151. The highest BCUT2D eigenvalue weighted by molar-refractivity contribution is 5.76. The van der Waals surface area contributed by atoms with Crippen molar-refractivity contribution in [1.82, 2.24) is 0 Å². The van der Waals surface area contributed by atoms with Crippen LogP contribution >= 0.6 is 0 Å². The Hall–Kier alpha value is -1.59. The minimum Gasteiger partial charge on any atom is -0.479 e. The van der Waals surface area contributed by atoms with Gasteiger partial charge in [-0.2, -0.15) is 0 Å². The van der Waals surface area contributed by atoms with Crippen LogP contribution in [0.1, 0.15) is 11.7 Å². The summed E-state index contributed by atoms with van der Waals surface area (Å²) >= 11 is 0. The molecule has 0 heterocycles. The first kappa shape index (κ1) is 9.50. The van der Waals surface area contributed by atoms with Gasteiger partial charge in [-0.05, 0) is 6.07 Å². The lowest BCUT2D eigenvalue weighted by Gasteiger charge is -2.11. The van der Waals surface area contributed by atoms with E-state index >= 15 is 0 Å². The Kier molecular flexibility index (Phi) is 2.84. The minimum absolute atomic E-state index is 0.348. The number of carboxylic acid groups (broad SMARTS) is 1. The maximum absolute atomic E-state index is 10.6. The molecule has 13 heavy (non-hydrogen) atoms. The molecule has 5 nitrogen and oxygen atoms in total. The average molecular weight is 182 g/mol. The monoisotopic (exact) mass is 182 g/mol. The molecule has 5 N–H and O–H groups in total. The fraction of sp³-hybridized carbons (Fsp3) is 0.125. The molecular weight excluding hydrogens is 172 g/mol. The highest BCUT2D eigenvalue weighted by atomic mass is 16.6. The summed E-state index contributed by atoms with van der Waals surface area (Å²) in [6.07, 6.45) is -1.21. The Morgan fingerprint density at radius 2 is 2.08 bits per heavy atom. The van der Waals surface area contributed by atoms with Gasteiger partial charge < -0.3 is 10.8 Å². The number of benzene rings is 1. The van der Waals surface area contributed by atoms with E-state index < -0.39 is 12.1 Å². The molecule has 0 spiro atoms. The molecule has 0 radical (unpaired) electrons. The van der Waals surface area contributed by atoms with E-state index in [0.29, 0.717) is 11.3 Å². The van der Waals surface area contributed by atoms with Gasteiger partial charge in [-0.25, -0.2) is 10.7 Å². The number of nitrogens with two attached hydrogens (primary N) is 2. The molecule has 0 bridgehead atoms. The van der Waals surface area contributed by atoms with Crippen molar-refractivity contribution in [3.63, 3.8) is 0 Å². The van der Waals surface area contributed by atoms with Gasteiger partial charge in [0.15, 0.2) is 0 Å². The summed E-state index contributed by atoms with van der Waals surface area (Å²) in [7, 11) is 0. The topological polar surface area (TPSA) is 98.6 Å². The number of hydrogen-bond acceptors (Lipinski definition) is 4. The second-order valence-corrected chi connectivity index (χ2v) is 2.48. The fourth-order valence-electron chi connectivity index (χ4n) is 1.01. The smallest absolute Gasteiger partial charge is 0.339 e. The number of hydrogen-bond donors (Lipinski definition) is 3. The molecule has 1 aromatic rings. The molecule has 0 aromatic heterocycles. The quantitative estimate of drug-likeness (QED) is 0.460. The van der Waals surface area contributed by atoms with Gasteiger partial charge in [-0.3, -0.25) is 4.84 Å². The number of rotatable bonds is 3. The van der Waals surface area contributed by atoms with E-state index in [2.05, 4.69) is 4.84 Å². The van der Waals surface area contributed by atoms with E-state index in [9.17, 15) is 4.79 Å². The second-order valence-electron chi connectivity index (χ2n) is 2.48. The van der Waals surface area contributed by atoms with Crippen molar-refractivity contribution in [3.05, 3.63) is 29.8 Å². The predicted molar refractivity (Wildman–Crippen MR) is 46.5 cm³/mol. The van der Waals surface area contributed by atoms with Gasteiger partial charge in [0, 0.05) is 11.3 Å². The van der Waals surface area contributed by atoms with Crippen LogP contribution in [-0.4, -0.2) is 11.1 Å².